The Morgan fingerprint density at radius 1 is 1.15 bits per heavy atom. The van der Waals surface area contributed by atoms with Gasteiger partial charge in [-0.15, -0.1) is 5.10 Å². The smallest absolute Gasteiger partial charge is 0.233 e. The largest absolute Gasteiger partial charge is 0.311 e. The Labute approximate surface area is 167 Å². The van der Waals surface area contributed by atoms with E-state index in [0.717, 1.165) is 50.8 Å². The van der Waals surface area contributed by atoms with Crippen LogP contribution in [0, 0.1) is 17.3 Å². The normalized spacial score (nSPS) is 36.3. The van der Waals surface area contributed by atoms with E-state index < -0.39 is 0 Å². The molecule has 1 aliphatic heterocycles. The topological polar surface area (TPSA) is 51.0 Å². The third-order valence-electron chi connectivity index (χ3n) is 7.57. The molecule has 0 N–H and O–H groups in total. The van der Waals surface area contributed by atoms with E-state index in [1.807, 2.05) is 6.33 Å². The van der Waals surface area contributed by atoms with Crippen LogP contribution in [0.5, 0.6) is 0 Å². The fourth-order valence-corrected chi connectivity index (χ4v) is 7.30. The van der Waals surface area contributed by atoms with Gasteiger partial charge in [-0.05, 0) is 84.3 Å². The maximum Gasteiger partial charge on any atom is 0.233 e. The molecule has 2 unspecified atom stereocenters. The lowest BCUT2D eigenvalue weighted by Gasteiger charge is -2.61. The maximum absolute atomic E-state index is 13.9. The minimum Gasteiger partial charge on any atom is -0.311 e. The van der Waals surface area contributed by atoms with Crippen molar-refractivity contribution in [2.75, 3.05) is 11.4 Å². The molecule has 1 amide bonds. The van der Waals surface area contributed by atoms with Gasteiger partial charge in [-0.3, -0.25) is 4.79 Å². The number of carbonyl (C=O) groups excluding carboxylic acids is 1. The van der Waals surface area contributed by atoms with E-state index in [0.29, 0.717) is 22.5 Å². The predicted octanol–water partition coefficient (Wildman–Crippen LogP) is 3.93. The fourth-order valence-electron chi connectivity index (χ4n) is 7.04. The van der Waals surface area contributed by atoms with Crippen molar-refractivity contribution in [3.05, 3.63) is 40.9 Å². The summed E-state index contributed by atoms with van der Waals surface area (Å²) in [4.78, 5) is 20.3. The molecular weight excluding hydrogens is 404 g/mol. The number of halogens is 1. The van der Waals surface area contributed by atoms with Crippen LogP contribution in [0.25, 0.3) is 0 Å². The lowest BCUT2D eigenvalue weighted by molar-refractivity contribution is -0.153. The fraction of sp³-hybridized carbons (Fsp3) is 0.571. The van der Waals surface area contributed by atoms with Gasteiger partial charge >= 0.3 is 0 Å². The average Bonchev–Trinajstić information content (AvgIpc) is 3.26. The molecule has 5 nitrogen and oxygen atoms in total. The number of benzene rings is 1. The van der Waals surface area contributed by atoms with Gasteiger partial charge in [-0.2, -0.15) is 0 Å². The molecule has 7 rings (SSSR count). The summed E-state index contributed by atoms with van der Waals surface area (Å²) in [5.74, 6) is 1.64. The summed E-state index contributed by atoms with van der Waals surface area (Å²) in [6, 6.07) is 8.41. The summed E-state index contributed by atoms with van der Waals surface area (Å²) < 4.78 is 2.72. The monoisotopic (exact) mass is 426 g/mol. The molecule has 0 saturated heterocycles. The van der Waals surface area contributed by atoms with Gasteiger partial charge in [0.15, 0.2) is 0 Å². The lowest BCUT2D eigenvalue weighted by atomic mass is 9.46. The van der Waals surface area contributed by atoms with Gasteiger partial charge in [-0.25, -0.2) is 9.67 Å². The Hall–Kier alpha value is -1.69. The van der Waals surface area contributed by atoms with E-state index in [1.165, 1.54) is 12.0 Å². The molecule has 27 heavy (non-hydrogen) atoms. The molecule has 5 aliphatic rings. The molecule has 4 aliphatic carbocycles. The summed E-state index contributed by atoms with van der Waals surface area (Å²) in [6.45, 7) is 0.830. The zero-order valence-corrected chi connectivity index (χ0v) is 16.9. The highest BCUT2D eigenvalue weighted by molar-refractivity contribution is 9.10. The second-order valence-corrected chi connectivity index (χ2v) is 9.97. The molecule has 2 heterocycles. The van der Waals surface area contributed by atoms with Crippen molar-refractivity contribution in [2.24, 2.45) is 17.3 Å². The second kappa shape index (κ2) is 5.43. The number of aromatic nitrogens is 3. The maximum atomic E-state index is 13.9. The SMILES string of the molecule is O=C(N1CCc2ccccc21)C12C[C@H]3C[C@@H](C1)CC(n1cnc(Br)n1)(C3)C2. The first kappa shape index (κ1) is 16.3. The van der Waals surface area contributed by atoms with Crippen LogP contribution in [0.1, 0.15) is 44.1 Å². The van der Waals surface area contributed by atoms with Gasteiger partial charge < -0.3 is 4.90 Å². The van der Waals surface area contributed by atoms with Crippen molar-refractivity contribution in [3.8, 4) is 0 Å². The zero-order chi connectivity index (χ0) is 18.2. The molecule has 6 heteroatoms. The molecule has 4 fully saturated rings. The summed E-state index contributed by atoms with van der Waals surface area (Å²) >= 11 is 3.41. The molecule has 2 aromatic rings. The molecule has 4 atom stereocenters. The molecule has 1 aromatic carbocycles. The average molecular weight is 427 g/mol. The molecule has 1 aromatic heterocycles. The van der Waals surface area contributed by atoms with Crippen LogP contribution in [0.2, 0.25) is 0 Å². The van der Waals surface area contributed by atoms with Crippen LogP contribution in [0.4, 0.5) is 5.69 Å². The quantitative estimate of drug-likeness (QED) is 0.730. The predicted molar refractivity (Wildman–Crippen MR) is 105 cm³/mol. The van der Waals surface area contributed by atoms with Gasteiger partial charge in [0.1, 0.15) is 6.33 Å². The molecule has 0 spiro atoms. The van der Waals surface area contributed by atoms with Crippen LogP contribution >= 0.6 is 15.9 Å². The molecular formula is C21H23BrN4O. The number of amides is 1. The van der Waals surface area contributed by atoms with Gasteiger partial charge in [0, 0.05) is 12.2 Å². The van der Waals surface area contributed by atoms with Crippen molar-refractivity contribution in [1.82, 2.24) is 14.8 Å². The number of anilines is 1. The van der Waals surface area contributed by atoms with Crippen molar-refractivity contribution in [1.29, 1.82) is 0 Å². The number of nitrogens with zero attached hydrogens (tertiary/aromatic N) is 4. The number of hydrogen-bond donors (Lipinski definition) is 0. The van der Waals surface area contributed by atoms with Crippen LogP contribution in [-0.2, 0) is 16.8 Å². The van der Waals surface area contributed by atoms with E-state index in [-0.39, 0.29) is 11.0 Å². The number of fused-ring (bicyclic) bond motifs is 1. The summed E-state index contributed by atoms with van der Waals surface area (Å²) in [5, 5.41) is 4.62. The van der Waals surface area contributed by atoms with Gasteiger partial charge in [0.05, 0.1) is 11.0 Å². The lowest BCUT2D eigenvalue weighted by Crippen LogP contribution is -2.61. The van der Waals surface area contributed by atoms with E-state index in [1.54, 1.807) is 0 Å². The minimum atomic E-state index is -0.222. The number of hydrogen-bond acceptors (Lipinski definition) is 3. The first-order valence-electron chi connectivity index (χ1n) is 10.0. The molecule has 0 radical (unpaired) electrons. The van der Waals surface area contributed by atoms with E-state index in [4.69, 9.17) is 0 Å². The summed E-state index contributed by atoms with van der Waals surface area (Å²) in [7, 11) is 0. The Bertz CT molecular complexity index is 924. The second-order valence-electron chi connectivity index (χ2n) is 9.26. The van der Waals surface area contributed by atoms with Crippen molar-refractivity contribution >= 4 is 27.5 Å². The highest BCUT2D eigenvalue weighted by Crippen LogP contribution is 2.64. The van der Waals surface area contributed by atoms with Gasteiger partial charge in [0.25, 0.3) is 0 Å². The summed E-state index contributed by atoms with van der Waals surface area (Å²) in [6.07, 6.45) is 9.43. The van der Waals surface area contributed by atoms with Crippen LogP contribution < -0.4 is 4.90 Å². The third-order valence-corrected chi connectivity index (χ3v) is 7.93. The van der Waals surface area contributed by atoms with Crippen LogP contribution in [0.3, 0.4) is 0 Å². The highest BCUT2D eigenvalue weighted by Gasteiger charge is 2.62. The van der Waals surface area contributed by atoms with Crippen molar-refractivity contribution < 1.29 is 4.79 Å². The van der Waals surface area contributed by atoms with Gasteiger partial charge in [0.2, 0.25) is 10.6 Å². The number of rotatable bonds is 2. The van der Waals surface area contributed by atoms with E-state index in [9.17, 15) is 4.79 Å². The molecule has 4 saturated carbocycles. The minimum absolute atomic E-state index is 0.0298. The standard InChI is InChI=1S/C21H23BrN4O/c22-19-23-13-26(24-19)21-10-14-7-15(11-21)9-20(8-14,12-21)18(27)25-6-5-16-3-1-2-4-17(16)25/h1-4,13-15H,5-12H2/t14-,15+,20?,21?. The molecule has 140 valence electrons. The number of carbonyl (C=O) groups is 1. The Kier molecular flexibility index (Phi) is 3.28. The van der Waals surface area contributed by atoms with Crippen molar-refractivity contribution in [3.63, 3.8) is 0 Å². The number of para-hydroxylation sites is 1. The first-order valence-corrected chi connectivity index (χ1v) is 10.8. The van der Waals surface area contributed by atoms with Crippen LogP contribution in [-0.4, -0.2) is 27.2 Å². The van der Waals surface area contributed by atoms with Crippen LogP contribution in [0.15, 0.2) is 35.3 Å². The van der Waals surface area contributed by atoms with E-state index in [2.05, 4.69) is 59.9 Å². The highest BCUT2D eigenvalue weighted by atomic mass is 79.9. The Morgan fingerprint density at radius 2 is 1.93 bits per heavy atom. The first-order chi connectivity index (χ1) is 13.1. The third kappa shape index (κ3) is 2.25. The van der Waals surface area contributed by atoms with Crippen molar-refractivity contribution in [2.45, 2.75) is 50.5 Å². The van der Waals surface area contributed by atoms with Gasteiger partial charge in [-0.1, -0.05) is 18.2 Å². The Morgan fingerprint density at radius 3 is 2.67 bits per heavy atom. The molecule has 4 bridgehead atoms. The zero-order valence-electron chi connectivity index (χ0n) is 15.3. The summed E-state index contributed by atoms with van der Waals surface area (Å²) in [5.41, 5.74) is 2.19. The van der Waals surface area contributed by atoms with E-state index >= 15 is 0 Å². The Balaban J connectivity index is 1.40.